The highest BCUT2D eigenvalue weighted by molar-refractivity contribution is 5.07. The summed E-state index contributed by atoms with van der Waals surface area (Å²) in [4.78, 5) is 4.73. The molecule has 2 aromatic heterocycles. The molecule has 0 aromatic carbocycles. The van der Waals surface area contributed by atoms with Crippen molar-refractivity contribution in [3.8, 4) is 0 Å². The second-order valence-electron chi connectivity index (χ2n) is 13.4. The molecule has 3 aliphatic heterocycles. The third-order valence-electron chi connectivity index (χ3n) is 9.72. The Morgan fingerprint density at radius 1 is 0.500 bits per heavy atom. The smallest absolute Gasteiger partial charge is 0.132 e. The first-order chi connectivity index (χ1) is 26.2. The van der Waals surface area contributed by atoms with Crippen molar-refractivity contribution in [2.24, 2.45) is 0 Å². The Morgan fingerprint density at radius 2 is 0.852 bits per heavy atom. The molecule has 0 aliphatic carbocycles. The quantitative estimate of drug-likeness (QED) is 0.0517. The van der Waals surface area contributed by atoms with Gasteiger partial charge in [0.05, 0.1) is 91.6 Å². The molecule has 0 saturated carbocycles. The van der Waals surface area contributed by atoms with Crippen molar-refractivity contribution in [3.05, 3.63) is 23.8 Å². The van der Waals surface area contributed by atoms with Crippen LogP contribution >= 0.6 is 0 Å². The van der Waals surface area contributed by atoms with Crippen LogP contribution in [0.15, 0.2) is 12.4 Å². The first-order valence-corrected chi connectivity index (χ1v) is 18.4. The van der Waals surface area contributed by atoms with E-state index in [4.69, 9.17) is 28.4 Å². The lowest BCUT2D eigenvalue weighted by molar-refractivity contribution is -0.232. The van der Waals surface area contributed by atoms with Crippen LogP contribution in [0.3, 0.4) is 0 Å². The molecular formula is C32H56N8O14. The van der Waals surface area contributed by atoms with Crippen LogP contribution in [-0.4, -0.2) is 235 Å². The van der Waals surface area contributed by atoms with E-state index in [1.807, 2.05) is 0 Å². The van der Waals surface area contributed by atoms with E-state index in [2.05, 4.69) is 30.4 Å². The number of aromatic nitrogens is 6. The second-order valence-corrected chi connectivity index (χ2v) is 13.4. The molecule has 3 saturated heterocycles. The molecule has 10 atom stereocenters. The van der Waals surface area contributed by atoms with E-state index in [0.29, 0.717) is 65.9 Å². The summed E-state index contributed by atoms with van der Waals surface area (Å²) in [6, 6.07) is 0. The molecule has 0 radical (unpaired) electrons. The van der Waals surface area contributed by atoms with Crippen LogP contribution in [0.4, 0.5) is 0 Å². The Bertz CT molecular complexity index is 1240. The van der Waals surface area contributed by atoms with Gasteiger partial charge in [-0.15, -0.1) is 10.2 Å². The van der Waals surface area contributed by atoms with Crippen LogP contribution < -0.4 is 0 Å². The van der Waals surface area contributed by atoms with Crippen LogP contribution in [0.25, 0.3) is 0 Å². The SMILES string of the molecule is OC[C@H]1O[C@@H](c2cn(CCOCCOCCN3CCN(CCOCCOCCn4cc([C@@H]5O[C@H](CO)[C@H](O)[C@H](O)[C@H]5O)nn4)CC3)nn2)[C@H](O)[C@@H](O)[C@H]1O. The average Bonchev–Trinajstić information content (AvgIpc) is 3.86. The zero-order valence-corrected chi connectivity index (χ0v) is 30.3. The monoisotopic (exact) mass is 776 g/mol. The summed E-state index contributed by atoms with van der Waals surface area (Å²) in [6.45, 7) is 8.96. The summed E-state index contributed by atoms with van der Waals surface area (Å²) in [7, 11) is 0. The number of nitrogens with zero attached hydrogens (tertiary/aromatic N) is 8. The molecule has 0 unspecified atom stereocenters. The summed E-state index contributed by atoms with van der Waals surface area (Å²) in [5.74, 6) is 0. The van der Waals surface area contributed by atoms with E-state index in [-0.39, 0.29) is 11.4 Å². The summed E-state index contributed by atoms with van der Waals surface area (Å²) >= 11 is 0. The second kappa shape index (κ2) is 21.8. The minimum atomic E-state index is -1.48. The maximum atomic E-state index is 10.3. The summed E-state index contributed by atoms with van der Waals surface area (Å²) in [6.07, 6.45) is -9.58. The van der Waals surface area contributed by atoms with Crippen molar-refractivity contribution < 1.29 is 69.3 Å². The Hall–Kier alpha value is -2.36. The van der Waals surface area contributed by atoms with E-state index in [1.165, 1.54) is 9.36 Å². The lowest BCUT2D eigenvalue weighted by Crippen LogP contribution is -2.55. The van der Waals surface area contributed by atoms with Crippen molar-refractivity contribution in [1.82, 2.24) is 39.8 Å². The van der Waals surface area contributed by atoms with Crippen molar-refractivity contribution in [2.75, 3.05) is 105 Å². The van der Waals surface area contributed by atoms with Gasteiger partial charge in [-0.3, -0.25) is 9.80 Å². The third kappa shape index (κ3) is 11.8. The van der Waals surface area contributed by atoms with Crippen molar-refractivity contribution in [3.63, 3.8) is 0 Å². The van der Waals surface area contributed by atoms with Gasteiger partial charge in [-0.1, -0.05) is 10.4 Å². The number of ether oxygens (including phenoxy) is 6. The van der Waals surface area contributed by atoms with Crippen LogP contribution in [0.1, 0.15) is 23.6 Å². The fraction of sp³-hybridized carbons (Fsp3) is 0.875. The minimum absolute atomic E-state index is 0.279. The van der Waals surface area contributed by atoms with Gasteiger partial charge in [0, 0.05) is 39.3 Å². The molecule has 308 valence electrons. The summed E-state index contributed by atoms with van der Waals surface area (Å²) in [5, 5.41) is 95.2. The average molecular weight is 777 g/mol. The molecule has 5 rings (SSSR count). The van der Waals surface area contributed by atoms with Crippen molar-refractivity contribution >= 4 is 0 Å². The molecule has 3 fully saturated rings. The molecule has 8 N–H and O–H groups in total. The van der Waals surface area contributed by atoms with Gasteiger partial charge in [0.25, 0.3) is 0 Å². The Kier molecular flexibility index (Phi) is 17.3. The van der Waals surface area contributed by atoms with Crippen molar-refractivity contribution in [1.29, 1.82) is 0 Å². The lowest BCUT2D eigenvalue weighted by atomic mass is 9.94. The highest BCUT2D eigenvalue weighted by Crippen LogP contribution is 2.32. The number of aliphatic hydroxyl groups is 8. The Morgan fingerprint density at radius 3 is 1.20 bits per heavy atom. The van der Waals surface area contributed by atoms with E-state index < -0.39 is 74.3 Å². The highest BCUT2D eigenvalue weighted by Gasteiger charge is 2.46. The summed E-state index contributed by atoms with van der Waals surface area (Å²) in [5.41, 5.74) is 0.559. The zero-order chi connectivity index (χ0) is 38.5. The third-order valence-corrected chi connectivity index (χ3v) is 9.72. The minimum Gasteiger partial charge on any atom is -0.394 e. The van der Waals surface area contributed by atoms with Gasteiger partial charge < -0.3 is 69.3 Å². The van der Waals surface area contributed by atoms with Crippen LogP contribution in [-0.2, 0) is 41.5 Å². The van der Waals surface area contributed by atoms with E-state index in [1.54, 1.807) is 12.4 Å². The first-order valence-electron chi connectivity index (χ1n) is 18.4. The predicted molar refractivity (Wildman–Crippen MR) is 182 cm³/mol. The molecule has 0 spiro atoms. The van der Waals surface area contributed by atoms with Gasteiger partial charge in [0.15, 0.2) is 0 Å². The van der Waals surface area contributed by atoms with E-state index in [0.717, 1.165) is 39.3 Å². The maximum absolute atomic E-state index is 10.3. The van der Waals surface area contributed by atoms with Crippen LogP contribution in [0.2, 0.25) is 0 Å². The Balaban J connectivity index is 0.817. The molecular weight excluding hydrogens is 720 g/mol. The largest absolute Gasteiger partial charge is 0.394 e. The predicted octanol–water partition coefficient (Wildman–Crippen LogP) is -5.72. The van der Waals surface area contributed by atoms with Gasteiger partial charge in [-0.2, -0.15) is 0 Å². The normalized spacial score (nSPS) is 31.3. The molecule has 54 heavy (non-hydrogen) atoms. The highest BCUT2D eigenvalue weighted by atomic mass is 16.6. The lowest BCUT2D eigenvalue weighted by Gasteiger charge is -2.39. The molecule has 0 bridgehead atoms. The zero-order valence-electron chi connectivity index (χ0n) is 30.3. The van der Waals surface area contributed by atoms with Gasteiger partial charge in [-0.25, -0.2) is 9.36 Å². The van der Waals surface area contributed by atoms with Gasteiger partial charge >= 0.3 is 0 Å². The fourth-order valence-electron chi connectivity index (χ4n) is 6.38. The number of piperazine rings is 1. The van der Waals surface area contributed by atoms with Crippen LogP contribution in [0, 0.1) is 0 Å². The maximum Gasteiger partial charge on any atom is 0.132 e. The standard InChI is InChI=1S/C32H56N8O14/c41-19-23-25(43)27(45)29(47)31(53-23)21-17-39(35-33-21)7-11-51-15-13-49-9-5-37-1-2-38(4-3-37)6-10-50-14-16-52-12-8-40-18-22(34-36-40)32-30(48)28(46)26(44)24(20-42)54-32/h17-18,23-32,41-48H,1-16,19-20H2/t23-,24-,25+,26+,27+,28+,29-,30-,31+,32+/m1/s1. The Labute approximate surface area is 312 Å². The number of aliphatic hydroxyl groups excluding tert-OH is 8. The fourth-order valence-corrected chi connectivity index (χ4v) is 6.38. The number of rotatable bonds is 22. The first kappa shape index (κ1) is 42.8. The summed E-state index contributed by atoms with van der Waals surface area (Å²) < 4.78 is 36.8. The van der Waals surface area contributed by atoms with E-state index in [9.17, 15) is 40.9 Å². The molecule has 22 nitrogen and oxygen atoms in total. The number of hydrogen-bond donors (Lipinski definition) is 8. The molecule has 22 heteroatoms. The molecule has 3 aliphatic rings. The molecule has 0 amide bonds. The topological polar surface area (TPSA) is 285 Å². The molecule has 2 aromatic rings. The number of hydrogen-bond acceptors (Lipinski definition) is 20. The van der Waals surface area contributed by atoms with E-state index >= 15 is 0 Å². The van der Waals surface area contributed by atoms with Gasteiger partial charge in [0.2, 0.25) is 0 Å². The van der Waals surface area contributed by atoms with Crippen LogP contribution in [0.5, 0.6) is 0 Å². The van der Waals surface area contributed by atoms with Gasteiger partial charge in [0.1, 0.15) is 72.4 Å². The molecule has 5 heterocycles. The van der Waals surface area contributed by atoms with Crippen molar-refractivity contribution in [2.45, 2.75) is 74.1 Å². The van der Waals surface area contributed by atoms with Gasteiger partial charge in [-0.05, 0) is 0 Å².